The Morgan fingerprint density at radius 2 is 1.75 bits per heavy atom. The summed E-state index contributed by atoms with van der Waals surface area (Å²) in [6.45, 7) is 2.52. The van der Waals surface area contributed by atoms with Gasteiger partial charge < -0.3 is 14.8 Å². The van der Waals surface area contributed by atoms with Crippen molar-refractivity contribution < 1.29 is 14.3 Å². The van der Waals surface area contributed by atoms with Crippen LogP contribution in [0, 0.1) is 17.8 Å². The van der Waals surface area contributed by atoms with Gasteiger partial charge in [0.2, 0.25) is 0 Å². The molecule has 24 heavy (non-hydrogen) atoms. The lowest BCUT2D eigenvalue weighted by atomic mass is 9.53. The number of hydrogen-bond donors (Lipinski definition) is 1. The molecule has 130 valence electrons. The Kier molecular flexibility index (Phi) is 3.93. The summed E-state index contributed by atoms with van der Waals surface area (Å²) in [5.74, 6) is 3.81. The number of hydrogen-bond acceptors (Lipinski definition) is 3. The van der Waals surface area contributed by atoms with Gasteiger partial charge in [-0.15, -0.1) is 0 Å². The molecular weight excluding hydrogens is 302 g/mol. The fraction of sp³-hybridized carbons (Fsp3) is 0.650. The number of carbonyl (C=O) groups excluding carboxylic acids is 1. The van der Waals surface area contributed by atoms with Crippen molar-refractivity contribution in [3.63, 3.8) is 0 Å². The summed E-state index contributed by atoms with van der Waals surface area (Å²) in [6, 6.07) is 5.46. The van der Waals surface area contributed by atoms with Crippen LogP contribution in [-0.4, -0.2) is 25.2 Å². The molecule has 1 amide bonds. The number of carbonyl (C=O) groups is 1. The second-order valence-electron chi connectivity index (χ2n) is 7.95. The zero-order chi connectivity index (χ0) is 16.7. The molecule has 4 nitrogen and oxygen atoms in total. The van der Waals surface area contributed by atoms with E-state index in [-0.39, 0.29) is 11.4 Å². The largest absolute Gasteiger partial charge is 0.493 e. The van der Waals surface area contributed by atoms with Crippen LogP contribution >= 0.6 is 0 Å². The molecule has 4 fully saturated rings. The number of ether oxygens (including phenoxy) is 2. The van der Waals surface area contributed by atoms with Crippen molar-refractivity contribution >= 4 is 5.91 Å². The smallest absolute Gasteiger partial charge is 0.251 e. The van der Waals surface area contributed by atoms with Gasteiger partial charge in [-0.25, -0.2) is 0 Å². The third-order valence-corrected chi connectivity index (χ3v) is 6.14. The first kappa shape index (κ1) is 15.8. The third kappa shape index (κ3) is 2.76. The Balaban J connectivity index is 1.52. The topological polar surface area (TPSA) is 47.6 Å². The Bertz CT molecular complexity index is 604. The lowest BCUT2D eigenvalue weighted by molar-refractivity contribution is -0.0167. The fourth-order valence-electron chi connectivity index (χ4n) is 5.66. The van der Waals surface area contributed by atoms with Gasteiger partial charge >= 0.3 is 0 Å². The van der Waals surface area contributed by atoms with Crippen molar-refractivity contribution in [2.24, 2.45) is 17.8 Å². The second kappa shape index (κ2) is 5.98. The molecule has 0 aromatic heterocycles. The van der Waals surface area contributed by atoms with Crippen molar-refractivity contribution in [1.82, 2.24) is 5.32 Å². The molecule has 1 aromatic rings. The van der Waals surface area contributed by atoms with Gasteiger partial charge in [0.05, 0.1) is 13.7 Å². The highest BCUT2D eigenvalue weighted by Gasteiger charge is 2.51. The lowest BCUT2D eigenvalue weighted by Gasteiger charge is -2.56. The normalized spacial score (nSPS) is 33.3. The number of nitrogens with one attached hydrogen (secondary N) is 1. The molecule has 1 N–H and O–H groups in total. The van der Waals surface area contributed by atoms with Gasteiger partial charge in [0.25, 0.3) is 5.91 Å². The van der Waals surface area contributed by atoms with E-state index >= 15 is 0 Å². The molecule has 4 aliphatic carbocycles. The quantitative estimate of drug-likeness (QED) is 0.894. The molecule has 0 saturated heterocycles. The second-order valence-corrected chi connectivity index (χ2v) is 7.95. The average Bonchev–Trinajstić information content (AvgIpc) is 2.53. The standard InChI is InChI=1S/C20H27NO3/c1-3-24-17-5-4-16(9-18(17)23-2)19(22)21-20-10-13-6-14(11-20)8-15(7-13)12-20/h4-5,9,13-15H,3,6-8,10-12H2,1-2H3,(H,21,22). The van der Waals surface area contributed by atoms with Crippen LogP contribution in [0.25, 0.3) is 0 Å². The Hall–Kier alpha value is -1.71. The van der Waals surface area contributed by atoms with Crippen molar-refractivity contribution in [1.29, 1.82) is 0 Å². The summed E-state index contributed by atoms with van der Waals surface area (Å²) in [5.41, 5.74) is 0.698. The van der Waals surface area contributed by atoms with E-state index in [1.165, 1.54) is 38.5 Å². The molecule has 0 radical (unpaired) electrons. The number of benzene rings is 1. The highest BCUT2D eigenvalue weighted by atomic mass is 16.5. The first-order valence-corrected chi connectivity index (χ1v) is 9.24. The molecule has 0 aliphatic heterocycles. The van der Waals surface area contributed by atoms with E-state index in [2.05, 4.69) is 5.32 Å². The summed E-state index contributed by atoms with van der Waals surface area (Å²) >= 11 is 0. The van der Waals surface area contributed by atoms with Crippen molar-refractivity contribution in [2.45, 2.75) is 51.0 Å². The van der Waals surface area contributed by atoms with Gasteiger partial charge in [-0.1, -0.05) is 0 Å². The van der Waals surface area contributed by atoms with E-state index in [0.29, 0.717) is 23.7 Å². The van der Waals surface area contributed by atoms with E-state index < -0.39 is 0 Å². The molecule has 0 unspecified atom stereocenters. The molecule has 4 heteroatoms. The molecule has 0 atom stereocenters. The molecule has 0 heterocycles. The van der Waals surface area contributed by atoms with E-state index in [1.54, 1.807) is 13.2 Å². The molecule has 4 saturated carbocycles. The van der Waals surface area contributed by atoms with Crippen LogP contribution in [0.1, 0.15) is 55.8 Å². The molecule has 1 aromatic carbocycles. The van der Waals surface area contributed by atoms with Crippen LogP contribution in [0.3, 0.4) is 0 Å². The summed E-state index contributed by atoms with van der Waals surface area (Å²) in [5, 5.41) is 3.41. The molecule has 0 spiro atoms. The summed E-state index contributed by atoms with van der Waals surface area (Å²) < 4.78 is 10.9. The van der Waals surface area contributed by atoms with Gasteiger partial charge in [0, 0.05) is 11.1 Å². The van der Waals surface area contributed by atoms with Crippen molar-refractivity contribution in [2.75, 3.05) is 13.7 Å². The number of rotatable bonds is 5. The first-order chi connectivity index (χ1) is 11.6. The van der Waals surface area contributed by atoms with Crippen LogP contribution in [0.5, 0.6) is 11.5 Å². The van der Waals surface area contributed by atoms with Crippen molar-refractivity contribution in [3.05, 3.63) is 23.8 Å². The Morgan fingerprint density at radius 1 is 1.12 bits per heavy atom. The maximum absolute atomic E-state index is 12.9. The zero-order valence-electron chi connectivity index (χ0n) is 14.6. The van der Waals surface area contributed by atoms with Gasteiger partial charge in [-0.05, 0) is 81.4 Å². The molecule has 4 aliphatic rings. The molecular formula is C20H27NO3. The zero-order valence-corrected chi connectivity index (χ0v) is 14.6. The predicted molar refractivity (Wildman–Crippen MR) is 92.5 cm³/mol. The minimum absolute atomic E-state index is 0.0262. The summed E-state index contributed by atoms with van der Waals surface area (Å²) in [7, 11) is 1.61. The Morgan fingerprint density at radius 3 is 2.29 bits per heavy atom. The van der Waals surface area contributed by atoms with E-state index in [4.69, 9.17) is 9.47 Å². The van der Waals surface area contributed by atoms with Crippen molar-refractivity contribution in [3.8, 4) is 11.5 Å². The lowest BCUT2D eigenvalue weighted by Crippen LogP contribution is -2.59. The monoisotopic (exact) mass is 329 g/mol. The van der Waals surface area contributed by atoms with Gasteiger partial charge in [-0.3, -0.25) is 4.79 Å². The maximum Gasteiger partial charge on any atom is 0.251 e. The highest BCUT2D eigenvalue weighted by Crippen LogP contribution is 2.55. The molecule has 4 bridgehead atoms. The average molecular weight is 329 g/mol. The third-order valence-electron chi connectivity index (χ3n) is 6.14. The number of methoxy groups -OCH3 is 1. The van der Waals surface area contributed by atoms with Crippen LogP contribution < -0.4 is 14.8 Å². The minimum atomic E-state index is 0.0262. The predicted octanol–water partition coefficient (Wildman–Crippen LogP) is 3.79. The van der Waals surface area contributed by atoms with Crippen LogP contribution in [0.4, 0.5) is 0 Å². The highest BCUT2D eigenvalue weighted by molar-refractivity contribution is 5.95. The van der Waals surface area contributed by atoms with Crippen LogP contribution in [-0.2, 0) is 0 Å². The summed E-state index contributed by atoms with van der Waals surface area (Å²) in [6.07, 6.45) is 7.64. The van der Waals surface area contributed by atoms with Gasteiger partial charge in [-0.2, -0.15) is 0 Å². The fourth-order valence-corrected chi connectivity index (χ4v) is 5.66. The maximum atomic E-state index is 12.9. The van der Waals surface area contributed by atoms with E-state index in [1.807, 2.05) is 19.1 Å². The van der Waals surface area contributed by atoms with Crippen LogP contribution in [0.15, 0.2) is 18.2 Å². The van der Waals surface area contributed by atoms with Gasteiger partial charge in [0.1, 0.15) is 0 Å². The number of amides is 1. The minimum Gasteiger partial charge on any atom is -0.493 e. The van der Waals surface area contributed by atoms with Crippen LogP contribution in [0.2, 0.25) is 0 Å². The first-order valence-electron chi connectivity index (χ1n) is 9.24. The molecule has 5 rings (SSSR count). The van der Waals surface area contributed by atoms with E-state index in [9.17, 15) is 4.79 Å². The summed E-state index contributed by atoms with van der Waals surface area (Å²) in [4.78, 5) is 12.9. The van der Waals surface area contributed by atoms with Gasteiger partial charge in [0.15, 0.2) is 11.5 Å². The van der Waals surface area contributed by atoms with E-state index in [0.717, 1.165) is 17.8 Å². The Labute approximate surface area is 143 Å². The SMILES string of the molecule is CCOc1ccc(C(=O)NC23CC4CC(CC(C4)C2)C3)cc1OC.